The molecule has 108 valence electrons. The van der Waals surface area contributed by atoms with Gasteiger partial charge in [-0.25, -0.2) is 0 Å². The van der Waals surface area contributed by atoms with Crippen LogP contribution in [0.5, 0.6) is 5.75 Å². The van der Waals surface area contributed by atoms with Crippen LogP contribution < -0.4 is 10.1 Å². The van der Waals surface area contributed by atoms with Gasteiger partial charge in [0, 0.05) is 17.9 Å². The lowest BCUT2D eigenvalue weighted by molar-refractivity contribution is 0.420. The molecule has 0 radical (unpaired) electrons. The lowest BCUT2D eigenvalue weighted by Crippen LogP contribution is -2.04. The van der Waals surface area contributed by atoms with Gasteiger partial charge in [0.2, 0.25) is 0 Å². The first-order chi connectivity index (χ1) is 9.56. The molecule has 0 fully saturated rings. The van der Waals surface area contributed by atoms with Gasteiger partial charge < -0.3 is 10.1 Å². The van der Waals surface area contributed by atoms with Crippen molar-refractivity contribution in [2.24, 2.45) is 5.92 Å². The highest BCUT2D eigenvalue weighted by Crippen LogP contribution is 2.36. The molecule has 0 saturated carbocycles. The van der Waals surface area contributed by atoms with Crippen molar-refractivity contribution < 1.29 is 4.74 Å². The molecule has 0 saturated heterocycles. The van der Waals surface area contributed by atoms with Gasteiger partial charge in [-0.3, -0.25) is 4.98 Å². The van der Waals surface area contributed by atoms with E-state index < -0.39 is 0 Å². The fourth-order valence-electron chi connectivity index (χ4n) is 2.35. The predicted molar refractivity (Wildman–Crippen MR) is 86.0 cm³/mol. The van der Waals surface area contributed by atoms with Crippen molar-refractivity contribution in [2.45, 2.75) is 27.2 Å². The Morgan fingerprint density at radius 2 is 2.10 bits per heavy atom. The van der Waals surface area contributed by atoms with E-state index >= 15 is 0 Å². The van der Waals surface area contributed by atoms with E-state index in [-0.39, 0.29) is 0 Å². The van der Waals surface area contributed by atoms with E-state index in [9.17, 15) is 0 Å². The first kappa shape index (κ1) is 14.9. The molecule has 1 aromatic heterocycles. The molecule has 0 aliphatic rings. The average Bonchev–Trinajstić information content (AvgIpc) is 2.39. The number of halogens is 1. The van der Waals surface area contributed by atoms with Crippen molar-refractivity contribution in [1.82, 2.24) is 4.98 Å². The number of pyridine rings is 1. The smallest absolute Gasteiger partial charge is 0.130 e. The highest BCUT2D eigenvalue weighted by atomic mass is 35.5. The van der Waals surface area contributed by atoms with Crippen molar-refractivity contribution in [3.8, 4) is 5.75 Å². The number of nitrogens with zero attached hydrogens (tertiary/aromatic N) is 1. The normalized spacial score (nSPS) is 11.1. The monoisotopic (exact) mass is 292 g/mol. The maximum atomic E-state index is 6.32. The standard InChI is InChI=1S/C16H21ClN2O/c1-5-18-13-9-11(8-10(2)3)19-16-12(17)6-7-14(20-4)15(13)16/h6-7,9-10H,5,8H2,1-4H3,(H,18,19). The third-order valence-electron chi connectivity index (χ3n) is 3.13. The topological polar surface area (TPSA) is 34.2 Å². The SMILES string of the molecule is CCNc1cc(CC(C)C)nc2c(Cl)ccc(OC)c12. The van der Waals surface area contributed by atoms with E-state index in [0.29, 0.717) is 10.9 Å². The average molecular weight is 293 g/mol. The van der Waals surface area contributed by atoms with Crippen LogP contribution in [-0.2, 0) is 6.42 Å². The molecule has 0 atom stereocenters. The Balaban J connectivity index is 2.70. The Bertz CT molecular complexity index is 611. The zero-order chi connectivity index (χ0) is 14.7. The first-order valence-electron chi connectivity index (χ1n) is 6.96. The molecule has 2 rings (SSSR count). The number of benzene rings is 1. The molecular formula is C16H21ClN2O. The molecule has 1 N–H and O–H groups in total. The second-order valence-corrected chi connectivity index (χ2v) is 5.67. The molecule has 4 heteroatoms. The van der Waals surface area contributed by atoms with Gasteiger partial charge in [0.05, 0.1) is 23.0 Å². The second-order valence-electron chi connectivity index (χ2n) is 5.26. The highest BCUT2D eigenvalue weighted by molar-refractivity contribution is 6.35. The lowest BCUT2D eigenvalue weighted by Gasteiger charge is -2.15. The number of methoxy groups -OCH3 is 1. The number of anilines is 1. The summed E-state index contributed by atoms with van der Waals surface area (Å²) in [6.45, 7) is 7.29. The summed E-state index contributed by atoms with van der Waals surface area (Å²) in [7, 11) is 1.67. The van der Waals surface area contributed by atoms with Crippen LogP contribution in [0.4, 0.5) is 5.69 Å². The van der Waals surface area contributed by atoms with E-state index in [1.165, 1.54) is 0 Å². The van der Waals surface area contributed by atoms with Crippen LogP contribution in [-0.4, -0.2) is 18.6 Å². The zero-order valence-corrected chi connectivity index (χ0v) is 13.2. The summed E-state index contributed by atoms with van der Waals surface area (Å²) >= 11 is 6.32. The van der Waals surface area contributed by atoms with Gasteiger partial charge in [0.1, 0.15) is 5.75 Å². The third-order valence-corrected chi connectivity index (χ3v) is 3.44. The van der Waals surface area contributed by atoms with E-state index in [1.807, 2.05) is 12.1 Å². The van der Waals surface area contributed by atoms with Crippen molar-refractivity contribution in [3.63, 3.8) is 0 Å². The van der Waals surface area contributed by atoms with Crippen LogP contribution >= 0.6 is 11.6 Å². The van der Waals surface area contributed by atoms with Gasteiger partial charge in [0.25, 0.3) is 0 Å². The molecular weight excluding hydrogens is 272 g/mol. The first-order valence-corrected chi connectivity index (χ1v) is 7.34. The van der Waals surface area contributed by atoms with Gasteiger partial charge in [-0.05, 0) is 37.5 Å². The maximum Gasteiger partial charge on any atom is 0.130 e. The number of hydrogen-bond donors (Lipinski definition) is 1. The third kappa shape index (κ3) is 2.98. The summed E-state index contributed by atoms with van der Waals surface area (Å²) in [6.07, 6.45) is 0.932. The Labute approximate surface area is 125 Å². The summed E-state index contributed by atoms with van der Waals surface area (Å²) in [5, 5.41) is 5.00. The van der Waals surface area contributed by atoms with Crippen LogP contribution in [0, 0.1) is 5.92 Å². The predicted octanol–water partition coefficient (Wildman–Crippen LogP) is 4.53. The molecule has 1 heterocycles. The van der Waals surface area contributed by atoms with Crippen LogP contribution in [0.1, 0.15) is 26.5 Å². The summed E-state index contributed by atoms with van der Waals surface area (Å²) in [5.41, 5.74) is 2.89. The van der Waals surface area contributed by atoms with E-state index in [1.54, 1.807) is 7.11 Å². The minimum Gasteiger partial charge on any atom is -0.496 e. The highest BCUT2D eigenvalue weighted by Gasteiger charge is 2.14. The number of fused-ring (bicyclic) bond motifs is 1. The Kier molecular flexibility index (Phi) is 4.71. The van der Waals surface area contributed by atoms with Gasteiger partial charge in [0.15, 0.2) is 0 Å². The Morgan fingerprint density at radius 1 is 1.35 bits per heavy atom. The maximum absolute atomic E-state index is 6.32. The minimum atomic E-state index is 0.554. The quantitative estimate of drug-likeness (QED) is 0.879. The molecule has 3 nitrogen and oxygen atoms in total. The van der Waals surface area contributed by atoms with E-state index in [4.69, 9.17) is 21.3 Å². The van der Waals surface area contributed by atoms with Gasteiger partial charge in [-0.2, -0.15) is 0 Å². The van der Waals surface area contributed by atoms with Gasteiger partial charge in [-0.1, -0.05) is 25.4 Å². The molecule has 0 unspecified atom stereocenters. The van der Waals surface area contributed by atoms with Crippen LogP contribution in [0.15, 0.2) is 18.2 Å². The van der Waals surface area contributed by atoms with Crippen molar-refractivity contribution in [1.29, 1.82) is 0 Å². The summed E-state index contributed by atoms with van der Waals surface area (Å²) in [5.74, 6) is 1.35. The largest absolute Gasteiger partial charge is 0.496 e. The van der Waals surface area contributed by atoms with Crippen molar-refractivity contribution >= 4 is 28.2 Å². The Hall–Kier alpha value is -1.48. The van der Waals surface area contributed by atoms with Crippen LogP contribution in [0.3, 0.4) is 0 Å². The fourth-order valence-corrected chi connectivity index (χ4v) is 2.55. The van der Waals surface area contributed by atoms with E-state index in [2.05, 4.69) is 32.2 Å². The lowest BCUT2D eigenvalue weighted by atomic mass is 10.0. The molecule has 20 heavy (non-hydrogen) atoms. The molecule has 0 amide bonds. The molecule has 0 aliphatic heterocycles. The zero-order valence-electron chi connectivity index (χ0n) is 12.5. The molecule has 0 aliphatic carbocycles. The number of rotatable bonds is 5. The molecule has 1 aromatic carbocycles. The van der Waals surface area contributed by atoms with Gasteiger partial charge >= 0.3 is 0 Å². The number of nitrogens with one attached hydrogen (secondary N) is 1. The van der Waals surface area contributed by atoms with Gasteiger partial charge in [-0.15, -0.1) is 0 Å². The molecule has 0 bridgehead atoms. The fraction of sp³-hybridized carbons (Fsp3) is 0.438. The van der Waals surface area contributed by atoms with E-state index in [0.717, 1.165) is 41.0 Å². The van der Waals surface area contributed by atoms with Crippen LogP contribution in [0.25, 0.3) is 10.9 Å². The molecule has 0 spiro atoms. The Morgan fingerprint density at radius 3 is 2.70 bits per heavy atom. The summed E-state index contributed by atoms with van der Waals surface area (Å²) < 4.78 is 5.45. The second kappa shape index (κ2) is 6.31. The summed E-state index contributed by atoms with van der Waals surface area (Å²) in [6, 6.07) is 5.82. The number of ether oxygens (including phenoxy) is 1. The van der Waals surface area contributed by atoms with Crippen molar-refractivity contribution in [3.05, 3.63) is 28.9 Å². The molecule has 2 aromatic rings. The number of hydrogen-bond acceptors (Lipinski definition) is 3. The summed E-state index contributed by atoms with van der Waals surface area (Å²) in [4.78, 5) is 4.71. The van der Waals surface area contributed by atoms with Crippen molar-refractivity contribution in [2.75, 3.05) is 19.0 Å². The van der Waals surface area contributed by atoms with Crippen LogP contribution in [0.2, 0.25) is 5.02 Å². The number of aromatic nitrogens is 1. The minimum absolute atomic E-state index is 0.554.